The highest BCUT2D eigenvalue weighted by Gasteiger charge is 2.30. The Hall–Kier alpha value is -1.25. The predicted molar refractivity (Wildman–Crippen MR) is 64.6 cm³/mol. The van der Waals surface area contributed by atoms with E-state index in [9.17, 15) is 8.42 Å². The number of nitrogens with zero attached hydrogens (tertiary/aromatic N) is 2. The van der Waals surface area contributed by atoms with Crippen molar-refractivity contribution in [3.63, 3.8) is 0 Å². The summed E-state index contributed by atoms with van der Waals surface area (Å²) in [5, 5.41) is 1.66. The molecule has 2 heterocycles. The van der Waals surface area contributed by atoms with Crippen LogP contribution in [0.5, 0.6) is 0 Å². The number of hydrogen-bond acceptors (Lipinski definition) is 6. The molecule has 2 aromatic rings. The Morgan fingerprint density at radius 1 is 1.44 bits per heavy atom. The van der Waals surface area contributed by atoms with Gasteiger partial charge in [0.15, 0.2) is 5.89 Å². The Bertz CT molecular complexity index is 629. The Balaban J connectivity index is 1.72. The van der Waals surface area contributed by atoms with Gasteiger partial charge in [0.05, 0.1) is 23.9 Å². The van der Waals surface area contributed by atoms with E-state index in [2.05, 4.69) is 14.7 Å². The van der Waals surface area contributed by atoms with Crippen molar-refractivity contribution in [3.8, 4) is 0 Å². The molecule has 96 valence electrons. The van der Waals surface area contributed by atoms with Crippen LogP contribution in [0.4, 0.5) is 0 Å². The van der Waals surface area contributed by atoms with Gasteiger partial charge in [-0.25, -0.2) is 23.1 Å². The van der Waals surface area contributed by atoms with Gasteiger partial charge in [0, 0.05) is 11.3 Å². The van der Waals surface area contributed by atoms with Crippen LogP contribution >= 0.6 is 11.3 Å². The van der Waals surface area contributed by atoms with E-state index < -0.39 is 10.0 Å². The van der Waals surface area contributed by atoms with Crippen LogP contribution in [0.25, 0.3) is 0 Å². The van der Waals surface area contributed by atoms with Gasteiger partial charge in [-0.15, -0.1) is 11.3 Å². The molecule has 0 amide bonds. The molecule has 1 aliphatic carbocycles. The van der Waals surface area contributed by atoms with E-state index in [1.54, 1.807) is 10.9 Å². The van der Waals surface area contributed by atoms with Gasteiger partial charge >= 0.3 is 0 Å². The van der Waals surface area contributed by atoms with Crippen molar-refractivity contribution >= 4 is 21.4 Å². The summed E-state index contributed by atoms with van der Waals surface area (Å²) in [4.78, 5) is 7.99. The molecular formula is C10H11N3O3S2. The number of thiazole rings is 1. The van der Waals surface area contributed by atoms with Gasteiger partial charge in [-0.05, 0) is 12.8 Å². The minimum absolute atomic E-state index is 0.125. The van der Waals surface area contributed by atoms with Gasteiger partial charge in [0.25, 0.3) is 15.1 Å². The lowest BCUT2D eigenvalue weighted by Crippen LogP contribution is -2.22. The van der Waals surface area contributed by atoms with Crippen molar-refractivity contribution in [2.45, 2.75) is 30.4 Å². The van der Waals surface area contributed by atoms with Crippen molar-refractivity contribution in [2.75, 3.05) is 0 Å². The van der Waals surface area contributed by atoms with Crippen molar-refractivity contribution in [2.24, 2.45) is 0 Å². The largest absolute Gasteiger partial charge is 0.428 e. The number of rotatable bonds is 5. The van der Waals surface area contributed by atoms with E-state index >= 15 is 0 Å². The predicted octanol–water partition coefficient (Wildman–Crippen LogP) is 1.49. The molecule has 6 nitrogen and oxygen atoms in total. The molecule has 0 aromatic carbocycles. The fourth-order valence-electron chi connectivity index (χ4n) is 1.48. The van der Waals surface area contributed by atoms with Crippen LogP contribution in [0.15, 0.2) is 26.6 Å². The van der Waals surface area contributed by atoms with Gasteiger partial charge in [-0.2, -0.15) is 0 Å². The van der Waals surface area contributed by atoms with Gasteiger partial charge in [0.1, 0.15) is 0 Å². The lowest BCUT2D eigenvalue weighted by Gasteiger charge is -2.01. The van der Waals surface area contributed by atoms with Crippen molar-refractivity contribution in [1.29, 1.82) is 0 Å². The van der Waals surface area contributed by atoms with Crippen LogP contribution < -0.4 is 4.72 Å². The van der Waals surface area contributed by atoms with Gasteiger partial charge in [-0.1, -0.05) is 0 Å². The molecule has 2 aromatic heterocycles. The van der Waals surface area contributed by atoms with Crippen LogP contribution in [0.1, 0.15) is 30.3 Å². The average Bonchev–Trinajstić information content (AvgIpc) is 2.89. The zero-order valence-corrected chi connectivity index (χ0v) is 11.0. The number of nitrogens with one attached hydrogen (secondary N) is 1. The molecule has 18 heavy (non-hydrogen) atoms. The fourth-order valence-corrected chi connectivity index (χ4v) is 2.91. The second-order valence-electron chi connectivity index (χ2n) is 4.10. The zero-order chi connectivity index (χ0) is 12.6. The summed E-state index contributed by atoms with van der Waals surface area (Å²) >= 11 is 1.42. The lowest BCUT2D eigenvalue weighted by molar-refractivity contribution is 0.406. The lowest BCUT2D eigenvalue weighted by atomic mass is 10.4. The van der Waals surface area contributed by atoms with Crippen LogP contribution in [-0.2, 0) is 16.6 Å². The maximum atomic E-state index is 11.9. The van der Waals surface area contributed by atoms with Gasteiger partial charge in [0.2, 0.25) is 0 Å². The number of hydrogen-bond donors (Lipinski definition) is 1. The Kier molecular flexibility index (Phi) is 2.92. The number of aromatic nitrogens is 2. The van der Waals surface area contributed by atoms with E-state index in [1.807, 2.05) is 0 Å². The average molecular weight is 285 g/mol. The first kappa shape index (κ1) is 11.8. The first-order valence-electron chi connectivity index (χ1n) is 5.47. The molecular weight excluding hydrogens is 274 g/mol. The van der Waals surface area contributed by atoms with Crippen molar-refractivity contribution in [3.05, 3.63) is 28.7 Å². The number of oxazole rings is 1. The first-order valence-corrected chi connectivity index (χ1v) is 7.90. The molecule has 1 N–H and O–H groups in total. The van der Waals surface area contributed by atoms with Crippen LogP contribution in [-0.4, -0.2) is 18.4 Å². The summed E-state index contributed by atoms with van der Waals surface area (Å²) in [5.41, 5.74) is 2.34. The minimum Gasteiger partial charge on any atom is -0.428 e. The summed E-state index contributed by atoms with van der Waals surface area (Å²) in [6, 6.07) is 0. The first-order chi connectivity index (χ1) is 8.65. The maximum Gasteiger partial charge on any atom is 0.276 e. The third kappa shape index (κ3) is 2.45. The topological polar surface area (TPSA) is 85.1 Å². The molecule has 1 aliphatic rings. The SMILES string of the molecule is O=S(=O)(NCc1cscn1)c1cnc(C2CC2)o1. The maximum absolute atomic E-state index is 11.9. The second-order valence-corrected chi connectivity index (χ2v) is 6.51. The summed E-state index contributed by atoms with van der Waals surface area (Å²) in [6.07, 6.45) is 3.30. The summed E-state index contributed by atoms with van der Waals surface area (Å²) in [7, 11) is -3.64. The van der Waals surface area contributed by atoms with Crippen LogP contribution in [0.2, 0.25) is 0 Å². The normalized spacial score (nSPS) is 16.0. The molecule has 1 fully saturated rings. The highest BCUT2D eigenvalue weighted by molar-refractivity contribution is 7.89. The molecule has 0 bridgehead atoms. The van der Waals surface area contributed by atoms with E-state index in [1.165, 1.54) is 17.5 Å². The molecule has 0 radical (unpaired) electrons. The standard InChI is InChI=1S/C10H11N3O3S2/c14-18(15,13-3-8-5-17-6-12-8)9-4-11-10(16-9)7-1-2-7/h4-7,13H,1-3H2. The van der Waals surface area contributed by atoms with Gasteiger partial charge in [-0.3, -0.25) is 0 Å². The smallest absolute Gasteiger partial charge is 0.276 e. The molecule has 0 aliphatic heterocycles. The van der Waals surface area contributed by atoms with E-state index in [4.69, 9.17) is 4.42 Å². The Morgan fingerprint density at radius 2 is 2.28 bits per heavy atom. The second kappa shape index (κ2) is 4.45. The van der Waals surface area contributed by atoms with Gasteiger partial charge < -0.3 is 4.42 Å². The highest BCUT2D eigenvalue weighted by atomic mass is 32.2. The van der Waals surface area contributed by atoms with E-state index in [0.717, 1.165) is 12.8 Å². The summed E-state index contributed by atoms with van der Waals surface area (Å²) in [6.45, 7) is 0.158. The number of sulfonamides is 1. The highest BCUT2D eigenvalue weighted by Crippen LogP contribution is 2.39. The molecule has 0 spiro atoms. The summed E-state index contributed by atoms with van der Waals surface area (Å²) in [5.74, 6) is 0.816. The molecule has 0 unspecified atom stereocenters. The monoisotopic (exact) mass is 285 g/mol. The zero-order valence-electron chi connectivity index (χ0n) is 9.37. The van der Waals surface area contributed by atoms with Crippen molar-refractivity contribution < 1.29 is 12.8 Å². The fraction of sp³-hybridized carbons (Fsp3) is 0.400. The van der Waals surface area contributed by atoms with Crippen LogP contribution in [0, 0.1) is 0 Å². The van der Waals surface area contributed by atoms with Crippen LogP contribution in [0.3, 0.4) is 0 Å². The Morgan fingerprint density at radius 3 is 2.94 bits per heavy atom. The molecule has 0 atom stereocenters. The Labute approximate surface area is 108 Å². The van der Waals surface area contributed by atoms with Crippen molar-refractivity contribution in [1.82, 2.24) is 14.7 Å². The quantitative estimate of drug-likeness (QED) is 0.899. The molecule has 0 saturated heterocycles. The third-order valence-corrected chi connectivity index (χ3v) is 4.50. The molecule has 8 heteroatoms. The minimum atomic E-state index is -3.64. The molecule has 1 saturated carbocycles. The van der Waals surface area contributed by atoms with E-state index in [-0.39, 0.29) is 11.6 Å². The third-order valence-electron chi connectivity index (χ3n) is 2.62. The van der Waals surface area contributed by atoms with E-state index in [0.29, 0.717) is 17.5 Å². The molecule has 3 rings (SSSR count). The summed E-state index contributed by atoms with van der Waals surface area (Å²) < 4.78 is 31.5.